The molecule has 148 valence electrons. The van der Waals surface area contributed by atoms with E-state index in [1.54, 1.807) is 31.2 Å². The van der Waals surface area contributed by atoms with Crippen LogP contribution < -0.4 is 20.9 Å². The van der Waals surface area contributed by atoms with Crippen LogP contribution >= 0.6 is 12.2 Å². The molecule has 0 aliphatic carbocycles. The molecule has 3 aromatic carbocycles. The Morgan fingerprint density at radius 1 is 0.966 bits per heavy atom. The molecule has 0 atom stereocenters. The average Bonchev–Trinajstić information content (AvgIpc) is 2.74. The third kappa shape index (κ3) is 6.02. The number of anilines is 1. The van der Waals surface area contributed by atoms with Crippen LogP contribution in [-0.4, -0.2) is 17.6 Å². The van der Waals surface area contributed by atoms with E-state index in [9.17, 15) is 9.18 Å². The highest BCUT2D eigenvalue weighted by molar-refractivity contribution is 7.80. The number of benzene rings is 3. The first-order valence-corrected chi connectivity index (χ1v) is 9.32. The number of hydrogen-bond acceptors (Lipinski definition) is 3. The van der Waals surface area contributed by atoms with Gasteiger partial charge in [0.15, 0.2) is 11.7 Å². The maximum atomic E-state index is 13.5. The second-order valence-corrected chi connectivity index (χ2v) is 6.68. The Balaban J connectivity index is 1.42. The second kappa shape index (κ2) is 9.66. The fraction of sp³-hybridized carbons (Fsp3) is 0.0909. The molecule has 5 nitrogen and oxygen atoms in total. The molecule has 0 aromatic heterocycles. The summed E-state index contributed by atoms with van der Waals surface area (Å²) in [5.74, 6) is -0.166. The summed E-state index contributed by atoms with van der Waals surface area (Å²) in [6.07, 6.45) is 0. The minimum absolute atomic E-state index is 0.133. The number of thiocarbonyl (C=S) groups is 1. The molecule has 3 aromatic rings. The van der Waals surface area contributed by atoms with Crippen molar-refractivity contribution < 1.29 is 13.9 Å². The number of carbonyl (C=O) groups is 1. The van der Waals surface area contributed by atoms with Crippen LogP contribution in [-0.2, 0) is 4.79 Å². The highest BCUT2D eigenvalue weighted by Crippen LogP contribution is 2.22. The number of aryl methyl sites for hydroxylation is 1. The number of carbonyl (C=O) groups excluding carboxylic acids is 1. The molecular formula is C22H20FN3O2S. The molecule has 0 fully saturated rings. The molecule has 29 heavy (non-hydrogen) atoms. The largest absolute Gasteiger partial charge is 0.484 e. The van der Waals surface area contributed by atoms with Crippen molar-refractivity contribution in [1.29, 1.82) is 0 Å². The minimum atomic E-state index is -0.406. The molecule has 0 bridgehead atoms. The van der Waals surface area contributed by atoms with Crippen molar-refractivity contribution in [3.63, 3.8) is 0 Å². The maximum absolute atomic E-state index is 13.5. The van der Waals surface area contributed by atoms with Gasteiger partial charge in [-0.2, -0.15) is 0 Å². The molecule has 1 amide bonds. The van der Waals surface area contributed by atoms with E-state index >= 15 is 0 Å². The molecule has 0 unspecified atom stereocenters. The number of ether oxygens (including phenoxy) is 1. The van der Waals surface area contributed by atoms with E-state index in [0.717, 1.165) is 11.1 Å². The predicted octanol–water partition coefficient (Wildman–Crippen LogP) is 4.20. The van der Waals surface area contributed by atoms with E-state index < -0.39 is 5.91 Å². The van der Waals surface area contributed by atoms with E-state index in [0.29, 0.717) is 17.0 Å². The van der Waals surface area contributed by atoms with Gasteiger partial charge >= 0.3 is 0 Å². The summed E-state index contributed by atoms with van der Waals surface area (Å²) < 4.78 is 19.0. The Bertz CT molecular complexity index is 995. The van der Waals surface area contributed by atoms with Crippen LogP contribution in [0.4, 0.5) is 10.1 Å². The molecule has 0 saturated heterocycles. The first-order valence-electron chi connectivity index (χ1n) is 8.91. The van der Waals surface area contributed by atoms with Gasteiger partial charge in [-0.15, -0.1) is 0 Å². The molecule has 0 aliphatic heterocycles. The number of halogens is 1. The monoisotopic (exact) mass is 409 g/mol. The Morgan fingerprint density at radius 2 is 1.66 bits per heavy atom. The van der Waals surface area contributed by atoms with E-state index in [1.165, 1.54) is 6.07 Å². The van der Waals surface area contributed by atoms with Gasteiger partial charge in [-0.3, -0.25) is 15.6 Å². The summed E-state index contributed by atoms with van der Waals surface area (Å²) in [4.78, 5) is 11.9. The van der Waals surface area contributed by atoms with Crippen molar-refractivity contribution in [2.24, 2.45) is 0 Å². The number of nitrogens with one attached hydrogen (secondary N) is 3. The summed E-state index contributed by atoms with van der Waals surface area (Å²) >= 11 is 5.07. The van der Waals surface area contributed by atoms with E-state index in [1.807, 2.05) is 42.5 Å². The van der Waals surface area contributed by atoms with E-state index in [4.69, 9.17) is 17.0 Å². The average molecular weight is 409 g/mol. The zero-order valence-electron chi connectivity index (χ0n) is 15.7. The smallest absolute Gasteiger partial charge is 0.276 e. The van der Waals surface area contributed by atoms with Gasteiger partial charge in [-0.1, -0.05) is 48.5 Å². The van der Waals surface area contributed by atoms with Crippen LogP contribution in [0, 0.1) is 12.7 Å². The van der Waals surface area contributed by atoms with Crippen LogP contribution in [0.3, 0.4) is 0 Å². The quantitative estimate of drug-likeness (QED) is 0.436. The van der Waals surface area contributed by atoms with Gasteiger partial charge in [0.2, 0.25) is 0 Å². The third-order valence-corrected chi connectivity index (χ3v) is 4.28. The second-order valence-electron chi connectivity index (χ2n) is 6.27. The van der Waals surface area contributed by atoms with Gasteiger partial charge in [-0.05, 0) is 60.1 Å². The zero-order chi connectivity index (χ0) is 20.6. The van der Waals surface area contributed by atoms with Crippen LogP contribution in [0.25, 0.3) is 11.1 Å². The highest BCUT2D eigenvalue weighted by atomic mass is 32.1. The first kappa shape index (κ1) is 20.3. The molecule has 0 aliphatic rings. The lowest BCUT2D eigenvalue weighted by atomic mass is 10.1. The van der Waals surface area contributed by atoms with Crippen LogP contribution in [0.5, 0.6) is 5.75 Å². The van der Waals surface area contributed by atoms with Crippen molar-refractivity contribution in [2.45, 2.75) is 6.92 Å². The molecule has 0 heterocycles. The topological polar surface area (TPSA) is 62.4 Å². The molecule has 3 rings (SSSR count). The minimum Gasteiger partial charge on any atom is -0.484 e. The summed E-state index contributed by atoms with van der Waals surface area (Å²) in [5.41, 5.74) is 8.16. The first-order chi connectivity index (χ1) is 14.0. The molecule has 7 heteroatoms. The highest BCUT2D eigenvalue weighted by Gasteiger charge is 2.06. The van der Waals surface area contributed by atoms with Gasteiger partial charge < -0.3 is 10.1 Å². The third-order valence-electron chi connectivity index (χ3n) is 4.08. The van der Waals surface area contributed by atoms with Crippen molar-refractivity contribution in [1.82, 2.24) is 10.9 Å². The Morgan fingerprint density at radius 3 is 2.34 bits per heavy atom. The lowest BCUT2D eigenvalue weighted by molar-refractivity contribution is -0.123. The molecule has 0 saturated carbocycles. The molecular weight excluding hydrogens is 389 g/mol. The standard InChI is InChI=1S/C22H20FN3O2S/c1-15-7-10-18(13-20(15)23)24-22(29)26-25-21(27)14-28-19-11-8-17(9-12-19)16-5-3-2-4-6-16/h2-13H,14H2,1H3,(H,25,27)(H2,24,26,29). The van der Waals surface area contributed by atoms with Crippen LogP contribution in [0.2, 0.25) is 0 Å². The molecule has 0 radical (unpaired) electrons. The predicted molar refractivity (Wildman–Crippen MR) is 116 cm³/mol. The maximum Gasteiger partial charge on any atom is 0.276 e. The fourth-order valence-corrected chi connectivity index (χ4v) is 2.69. The van der Waals surface area contributed by atoms with Gasteiger partial charge in [0.25, 0.3) is 5.91 Å². The number of rotatable bonds is 5. The summed E-state index contributed by atoms with van der Waals surface area (Å²) in [5, 5.41) is 2.92. The van der Waals surface area contributed by atoms with Crippen molar-refractivity contribution in [3.05, 3.63) is 84.2 Å². The summed E-state index contributed by atoms with van der Waals surface area (Å²) in [6, 6.07) is 22.1. The van der Waals surface area contributed by atoms with Gasteiger partial charge in [0.05, 0.1) is 0 Å². The van der Waals surface area contributed by atoms with Gasteiger partial charge in [0, 0.05) is 5.69 Å². The fourth-order valence-electron chi connectivity index (χ4n) is 2.52. The van der Waals surface area contributed by atoms with E-state index in [-0.39, 0.29) is 17.5 Å². The molecule has 0 spiro atoms. The Hall–Kier alpha value is -3.45. The Kier molecular flexibility index (Phi) is 6.76. The normalized spacial score (nSPS) is 10.1. The number of hydrazine groups is 1. The number of hydrogen-bond donors (Lipinski definition) is 3. The van der Waals surface area contributed by atoms with Gasteiger partial charge in [-0.25, -0.2) is 4.39 Å². The van der Waals surface area contributed by atoms with Crippen molar-refractivity contribution in [2.75, 3.05) is 11.9 Å². The summed E-state index contributed by atoms with van der Waals surface area (Å²) in [7, 11) is 0. The van der Waals surface area contributed by atoms with Crippen LogP contribution in [0.1, 0.15) is 5.56 Å². The van der Waals surface area contributed by atoms with Gasteiger partial charge in [0.1, 0.15) is 11.6 Å². The lowest BCUT2D eigenvalue weighted by Crippen LogP contribution is -2.45. The SMILES string of the molecule is Cc1ccc(NC(=S)NNC(=O)COc2ccc(-c3ccccc3)cc2)cc1F. The van der Waals surface area contributed by atoms with Crippen molar-refractivity contribution in [3.8, 4) is 16.9 Å². The molecule has 3 N–H and O–H groups in total. The lowest BCUT2D eigenvalue weighted by Gasteiger charge is -2.12. The van der Waals surface area contributed by atoms with E-state index in [2.05, 4.69) is 16.2 Å². The zero-order valence-corrected chi connectivity index (χ0v) is 16.6. The summed E-state index contributed by atoms with van der Waals surface area (Å²) in [6.45, 7) is 1.49. The Labute approximate surface area is 173 Å². The van der Waals surface area contributed by atoms with Crippen LogP contribution in [0.15, 0.2) is 72.8 Å². The number of amides is 1. The van der Waals surface area contributed by atoms with Crippen molar-refractivity contribution >= 4 is 28.9 Å².